The van der Waals surface area contributed by atoms with Crippen molar-refractivity contribution in [3.8, 4) is 0 Å². The van der Waals surface area contributed by atoms with Crippen LogP contribution in [0, 0.1) is 5.92 Å². The minimum atomic E-state index is 0.167. The van der Waals surface area contributed by atoms with Crippen LogP contribution in [0.1, 0.15) is 46.5 Å². The first-order valence-corrected chi connectivity index (χ1v) is 5.95. The van der Waals surface area contributed by atoms with Gasteiger partial charge in [-0.15, -0.1) is 11.6 Å². The molecule has 0 aromatic carbocycles. The van der Waals surface area contributed by atoms with Crippen molar-refractivity contribution in [3.63, 3.8) is 0 Å². The van der Waals surface area contributed by atoms with Gasteiger partial charge < -0.3 is 5.32 Å². The predicted octanol–water partition coefficient (Wildman–Crippen LogP) is 2.95. The SMILES string of the molecule is CC(C)CCC(=O)NC(C)CCCCl. The lowest BCUT2D eigenvalue weighted by Crippen LogP contribution is -2.32. The normalized spacial score (nSPS) is 12.9. The molecule has 0 fully saturated rings. The van der Waals surface area contributed by atoms with Gasteiger partial charge in [0.15, 0.2) is 0 Å². The van der Waals surface area contributed by atoms with Gasteiger partial charge in [0.1, 0.15) is 0 Å². The molecule has 0 bridgehead atoms. The van der Waals surface area contributed by atoms with Crippen LogP contribution in [-0.2, 0) is 4.79 Å². The summed E-state index contributed by atoms with van der Waals surface area (Å²) < 4.78 is 0. The highest BCUT2D eigenvalue weighted by Gasteiger charge is 2.07. The van der Waals surface area contributed by atoms with Crippen molar-refractivity contribution in [1.82, 2.24) is 5.32 Å². The van der Waals surface area contributed by atoms with Crippen molar-refractivity contribution < 1.29 is 4.79 Å². The Morgan fingerprint density at radius 3 is 2.43 bits per heavy atom. The lowest BCUT2D eigenvalue weighted by molar-refractivity contribution is -0.122. The fourth-order valence-corrected chi connectivity index (χ4v) is 1.38. The fourth-order valence-electron chi connectivity index (χ4n) is 1.22. The van der Waals surface area contributed by atoms with Crippen LogP contribution in [0.2, 0.25) is 0 Å². The first kappa shape index (κ1) is 13.8. The van der Waals surface area contributed by atoms with Gasteiger partial charge in [0.05, 0.1) is 0 Å². The largest absolute Gasteiger partial charge is 0.354 e. The molecule has 0 heterocycles. The van der Waals surface area contributed by atoms with Crippen molar-refractivity contribution in [3.05, 3.63) is 0 Å². The zero-order valence-electron chi connectivity index (χ0n) is 9.48. The molecule has 14 heavy (non-hydrogen) atoms. The molecule has 0 saturated carbocycles. The minimum absolute atomic E-state index is 0.167. The van der Waals surface area contributed by atoms with Gasteiger partial charge in [-0.1, -0.05) is 13.8 Å². The molecule has 0 rings (SSSR count). The summed E-state index contributed by atoms with van der Waals surface area (Å²) >= 11 is 5.57. The van der Waals surface area contributed by atoms with Crippen LogP contribution in [0.3, 0.4) is 0 Å². The zero-order valence-corrected chi connectivity index (χ0v) is 10.2. The number of halogens is 1. The predicted molar refractivity (Wildman–Crippen MR) is 61.6 cm³/mol. The van der Waals surface area contributed by atoms with Crippen LogP contribution >= 0.6 is 11.6 Å². The first-order chi connectivity index (χ1) is 6.56. The van der Waals surface area contributed by atoms with Gasteiger partial charge in [0.2, 0.25) is 5.91 Å². The lowest BCUT2D eigenvalue weighted by Gasteiger charge is -2.13. The van der Waals surface area contributed by atoms with Gasteiger partial charge in [-0.25, -0.2) is 0 Å². The van der Waals surface area contributed by atoms with Crippen molar-refractivity contribution in [2.45, 2.75) is 52.5 Å². The van der Waals surface area contributed by atoms with Crippen molar-refractivity contribution in [2.75, 3.05) is 5.88 Å². The van der Waals surface area contributed by atoms with E-state index in [9.17, 15) is 4.79 Å². The topological polar surface area (TPSA) is 29.1 Å². The molecule has 1 N–H and O–H groups in total. The van der Waals surface area contributed by atoms with E-state index in [2.05, 4.69) is 19.2 Å². The molecule has 1 atom stereocenters. The second-order valence-corrected chi connectivity index (χ2v) is 4.61. The van der Waals surface area contributed by atoms with Crippen molar-refractivity contribution in [1.29, 1.82) is 0 Å². The smallest absolute Gasteiger partial charge is 0.220 e. The molecule has 0 aromatic heterocycles. The third kappa shape index (κ3) is 8.36. The van der Waals surface area contributed by atoms with E-state index in [0.717, 1.165) is 19.3 Å². The maximum Gasteiger partial charge on any atom is 0.220 e. The van der Waals surface area contributed by atoms with Gasteiger partial charge in [0.25, 0.3) is 0 Å². The number of hydrogen-bond donors (Lipinski definition) is 1. The zero-order chi connectivity index (χ0) is 11.0. The molecule has 84 valence electrons. The molecule has 0 saturated heterocycles. The summed E-state index contributed by atoms with van der Waals surface area (Å²) in [6, 6.07) is 0.258. The molecular weight excluding hydrogens is 198 g/mol. The van der Waals surface area contributed by atoms with E-state index in [1.54, 1.807) is 0 Å². The van der Waals surface area contributed by atoms with Crippen molar-refractivity contribution >= 4 is 17.5 Å². The second kappa shape index (κ2) is 8.10. The van der Waals surface area contributed by atoms with Gasteiger partial charge in [-0.2, -0.15) is 0 Å². The van der Waals surface area contributed by atoms with Gasteiger partial charge in [-0.3, -0.25) is 4.79 Å². The van der Waals surface area contributed by atoms with E-state index in [1.807, 2.05) is 6.92 Å². The summed E-state index contributed by atoms with van der Waals surface area (Å²) in [5.74, 6) is 1.44. The Morgan fingerprint density at radius 1 is 1.29 bits per heavy atom. The number of rotatable bonds is 7. The highest BCUT2D eigenvalue weighted by atomic mass is 35.5. The summed E-state index contributed by atoms with van der Waals surface area (Å²) in [4.78, 5) is 11.4. The molecule has 3 heteroatoms. The molecule has 0 aromatic rings. The number of amides is 1. The minimum Gasteiger partial charge on any atom is -0.354 e. The Kier molecular flexibility index (Phi) is 7.96. The summed E-state index contributed by atoms with van der Waals surface area (Å²) in [5.41, 5.74) is 0. The number of carbonyl (C=O) groups is 1. The monoisotopic (exact) mass is 219 g/mol. The van der Waals surface area contributed by atoms with E-state index in [-0.39, 0.29) is 11.9 Å². The number of alkyl halides is 1. The standard InChI is InChI=1S/C11H22ClNO/c1-9(2)6-7-11(14)13-10(3)5-4-8-12/h9-10H,4-8H2,1-3H3,(H,13,14). The first-order valence-electron chi connectivity index (χ1n) is 5.41. The summed E-state index contributed by atoms with van der Waals surface area (Å²) in [6.07, 6.45) is 3.54. The molecular formula is C11H22ClNO. The van der Waals surface area contributed by atoms with Gasteiger partial charge >= 0.3 is 0 Å². The molecule has 2 nitrogen and oxygen atoms in total. The third-order valence-corrected chi connectivity index (χ3v) is 2.39. The number of hydrogen-bond acceptors (Lipinski definition) is 1. The second-order valence-electron chi connectivity index (χ2n) is 4.23. The number of nitrogens with one attached hydrogen (secondary N) is 1. The lowest BCUT2D eigenvalue weighted by atomic mass is 10.1. The Bertz CT molecular complexity index is 159. The molecule has 1 amide bonds. The van der Waals surface area contributed by atoms with E-state index < -0.39 is 0 Å². The van der Waals surface area contributed by atoms with Crippen LogP contribution in [-0.4, -0.2) is 17.8 Å². The Balaban J connectivity index is 3.50. The van der Waals surface area contributed by atoms with Gasteiger partial charge in [0, 0.05) is 18.3 Å². The molecule has 0 aliphatic rings. The van der Waals surface area contributed by atoms with Crippen LogP contribution in [0.4, 0.5) is 0 Å². The van der Waals surface area contributed by atoms with Gasteiger partial charge in [-0.05, 0) is 32.1 Å². The third-order valence-electron chi connectivity index (χ3n) is 2.13. The van der Waals surface area contributed by atoms with Crippen LogP contribution < -0.4 is 5.32 Å². The van der Waals surface area contributed by atoms with Crippen LogP contribution in [0.5, 0.6) is 0 Å². The quantitative estimate of drug-likeness (QED) is 0.656. The highest BCUT2D eigenvalue weighted by Crippen LogP contribution is 2.04. The van der Waals surface area contributed by atoms with Crippen molar-refractivity contribution in [2.24, 2.45) is 5.92 Å². The van der Waals surface area contributed by atoms with Crippen LogP contribution in [0.25, 0.3) is 0 Å². The molecule has 0 aliphatic heterocycles. The number of carbonyl (C=O) groups excluding carboxylic acids is 1. The van der Waals surface area contributed by atoms with E-state index in [4.69, 9.17) is 11.6 Å². The van der Waals surface area contributed by atoms with E-state index >= 15 is 0 Å². The summed E-state index contributed by atoms with van der Waals surface area (Å²) in [6.45, 7) is 6.29. The average molecular weight is 220 g/mol. The summed E-state index contributed by atoms with van der Waals surface area (Å²) in [7, 11) is 0. The molecule has 0 aliphatic carbocycles. The Hall–Kier alpha value is -0.240. The maximum atomic E-state index is 11.4. The summed E-state index contributed by atoms with van der Waals surface area (Å²) in [5, 5.41) is 2.97. The Morgan fingerprint density at radius 2 is 1.93 bits per heavy atom. The molecule has 0 radical (unpaired) electrons. The average Bonchev–Trinajstić information content (AvgIpc) is 2.11. The fraction of sp³-hybridized carbons (Fsp3) is 0.909. The van der Waals surface area contributed by atoms with Crippen LogP contribution in [0.15, 0.2) is 0 Å². The van der Waals surface area contributed by atoms with E-state index in [1.165, 1.54) is 0 Å². The molecule has 0 spiro atoms. The maximum absolute atomic E-state index is 11.4. The molecule has 1 unspecified atom stereocenters. The Labute approximate surface area is 92.4 Å². The highest BCUT2D eigenvalue weighted by molar-refractivity contribution is 6.17. The van der Waals surface area contributed by atoms with E-state index in [0.29, 0.717) is 18.2 Å².